The van der Waals surface area contributed by atoms with E-state index in [2.05, 4.69) is 26.6 Å². The summed E-state index contributed by atoms with van der Waals surface area (Å²) in [6.07, 6.45) is 0. The van der Waals surface area contributed by atoms with E-state index in [4.69, 9.17) is 14.2 Å². The van der Waals surface area contributed by atoms with Gasteiger partial charge in [0.2, 0.25) is 5.91 Å². The number of anilines is 2. The lowest BCUT2D eigenvalue weighted by Crippen LogP contribution is -2.22. The topological polar surface area (TPSA) is 85.9 Å². The summed E-state index contributed by atoms with van der Waals surface area (Å²) < 4.78 is 16.7. The van der Waals surface area contributed by atoms with Gasteiger partial charge in [0, 0.05) is 22.3 Å². The van der Waals surface area contributed by atoms with Crippen molar-refractivity contribution >= 4 is 39.2 Å². The summed E-state index contributed by atoms with van der Waals surface area (Å²) in [6, 6.07) is 10.2. The quantitative estimate of drug-likeness (QED) is 0.677. The molecule has 2 N–H and O–H groups in total. The molecule has 0 spiro atoms. The predicted octanol–water partition coefficient (Wildman–Crippen LogP) is 3.45. The minimum absolute atomic E-state index is 0.0691. The Hall–Kier alpha value is -2.74. The van der Waals surface area contributed by atoms with Gasteiger partial charge in [0.15, 0.2) is 11.5 Å². The molecule has 27 heavy (non-hydrogen) atoms. The maximum Gasteiger partial charge on any atom is 0.338 e. The van der Waals surface area contributed by atoms with Crippen LogP contribution >= 0.6 is 15.9 Å². The molecule has 0 atom stereocenters. The van der Waals surface area contributed by atoms with Crippen molar-refractivity contribution in [1.82, 2.24) is 0 Å². The maximum absolute atomic E-state index is 12.2. The van der Waals surface area contributed by atoms with Crippen molar-refractivity contribution in [2.45, 2.75) is 6.92 Å². The molecule has 0 fully saturated rings. The van der Waals surface area contributed by atoms with Gasteiger partial charge in [0.1, 0.15) is 13.2 Å². The zero-order valence-corrected chi connectivity index (χ0v) is 16.3. The molecule has 0 bridgehead atoms. The van der Waals surface area contributed by atoms with Gasteiger partial charge < -0.3 is 24.8 Å². The van der Waals surface area contributed by atoms with Crippen molar-refractivity contribution in [3.05, 3.63) is 46.4 Å². The minimum atomic E-state index is -0.370. The van der Waals surface area contributed by atoms with E-state index in [0.29, 0.717) is 47.0 Å². The number of hydrogen-bond donors (Lipinski definition) is 2. The molecule has 0 radical (unpaired) electrons. The molecule has 1 amide bonds. The Bertz CT molecular complexity index is 839. The number of nitrogens with one attached hydrogen (secondary N) is 2. The van der Waals surface area contributed by atoms with Crippen LogP contribution in [-0.4, -0.2) is 38.2 Å². The van der Waals surface area contributed by atoms with Crippen LogP contribution < -0.4 is 20.1 Å². The fourth-order valence-electron chi connectivity index (χ4n) is 2.48. The Balaban J connectivity index is 1.56. The molecule has 1 heterocycles. The number of fused-ring (bicyclic) bond motifs is 1. The molecule has 7 nitrogen and oxygen atoms in total. The van der Waals surface area contributed by atoms with Crippen molar-refractivity contribution < 1.29 is 23.8 Å². The number of ether oxygens (including phenoxy) is 3. The van der Waals surface area contributed by atoms with E-state index in [1.165, 1.54) is 0 Å². The van der Waals surface area contributed by atoms with Crippen LogP contribution in [0, 0.1) is 0 Å². The highest BCUT2D eigenvalue weighted by Gasteiger charge is 2.16. The fourth-order valence-corrected chi connectivity index (χ4v) is 2.90. The second-order valence-corrected chi connectivity index (χ2v) is 6.53. The third-order valence-electron chi connectivity index (χ3n) is 3.76. The molecule has 1 aliphatic rings. The van der Waals surface area contributed by atoms with Crippen LogP contribution in [0.2, 0.25) is 0 Å². The molecule has 142 valence electrons. The zero-order valence-electron chi connectivity index (χ0n) is 14.7. The van der Waals surface area contributed by atoms with Gasteiger partial charge in [-0.2, -0.15) is 0 Å². The SMILES string of the molecule is CCOC(=O)c1ccc(NCC(=O)Nc2cc3c(cc2Br)OCCO3)cc1. The van der Waals surface area contributed by atoms with Crippen molar-refractivity contribution in [3.63, 3.8) is 0 Å². The normalized spacial score (nSPS) is 12.2. The van der Waals surface area contributed by atoms with Gasteiger partial charge in [-0.15, -0.1) is 0 Å². The van der Waals surface area contributed by atoms with Crippen LogP contribution in [0.25, 0.3) is 0 Å². The van der Waals surface area contributed by atoms with E-state index in [1.54, 1.807) is 43.3 Å². The molecular formula is C19H19BrN2O5. The zero-order chi connectivity index (χ0) is 19.2. The van der Waals surface area contributed by atoms with E-state index < -0.39 is 0 Å². The van der Waals surface area contributed by atoms with E-state index in [9.17, 15) is 9.59 Å². The molecule has 0 saturated heterocycles. The molecule has 0 saturated carbocycles. The summed E-state index contributed by atoms with van der Waals surface area (Å²) in [4.78, 5) is 23.9. The van der Waals surface area contributed by atoms with Gasteiger partial charge >= 0.3 is 5.97 Å². The van der Waals surface area contributed by atoms with Gasteiger partial charge in [-0.3, -0.25) is 4.79 Å². The van der Waals surface area contributed by atoms with E-state index in [0.717, 1.165) is 5.69 Å². The Morgan fingerprint density at radius 1 is 1.11 bits per heavy atom. The van der Waals surface area contributed by atoms with Gasteiger partial charge in [-0.25, -0.2) is 4.79 Å². The summed E-state index contributed by atoms with van der Waals surface area (Å²) in [5.74, 6) is 0.653. The summed E-state index contributed by atoms with van der Waals surface area (Å²) in [7, 11) is 0. The highest BCUT2D eigenvalue weighted by atomic mass is 79.9. The van der Waals surface area contributed by atoms with E-state index in [1.807, 2.05) is 0 Å². The highest BCUT2D eigenvalue weighted by Crippen LogP contribution is 2.38. The first kappa shape index (κ1) is 19.0. The van der Waals surface area contributed by atoms with Gasteiger partial charge in [-0.1, -0.05) is 0 Å². The first-order valence-corrected chi connectivity index (χ1v) is 9.26. The van der Waals surface area contributed by atoms with Crippen LogP contribution in [0.5, 0.6) is 11.5 Å². The predicted molar refractivity (Wildman–Crippen MR) is 105 cm³/mol. The largest absolute Gasteiger partial charge is 0.486 e. The van der Waals surface area contributed by atoms with E-state index in [-0.39, 0.29) is 18.4 Å². The van der Waals surface area contributed by atoms with Crippen LogP contribution in [-0.2, 0) is 9.53 Å². The average molecular weight is 435 g/mol. The first-order chi connectivity index (χ1) is 13.1. The molecule has 0 unspecified atom stereocenters. The Labute approximate surface area is 165 Å². The number of esters is 1. The molecule has 0 aromatic heterocycles. The number of halogens is 1. The Kier molecular flexibility index (Phi) is 6.18. The lowest BCUT2D eigenvalue weighted by Gasteiger charge is -2.20. The summed E-state index contributed by atoms with van der Waals surface area (Å²) in [5.41, 5.74) is 1.79. The van der Waals surface area contributed by atoms with E-state index >= 15 is 0 Å². The molecular weight excluding hydrogens is 416 g/mol. The third kappa shape index (κ3) is 4.91. The summed E-state index contributed by atoms with van der Waals surface area (Å²) in [6.45, 7) is 3.13. The number of carbonyl (C=O) groups excluding carboxylic acids is 2. The lowest BCUT2D eigenvalue weighted by atomic mass is 10.2. The van der Waals surface area contributed by atoms with Crippen molar-refractivity contribution in [2.75, 3.05) is 37.0 Å². The average Bonchev–Trinajstić information content (AvgIpc) is 2.67. The number of amides is 1. The van der Waals surface area contributed by atoms with Crippen LogP contribution in [0.4, 0.5) is 11.4 Å². The molecule has 2 aromatic carbocycles. The van der Waals surface area contributed by atoms with Crippen molar-refractivity contribution in [1.29, 1.82) is 0 Å². The number of benzene rings is 2. The smallest absolute Gasteiger partial charge is 0.338 e. The maximum atomic E-state index is 12.2. The van der Waals surface area contributed by atoms with Crippen LogP contribution in [0.1, 0.15) is 17.3 Å². The van der Waals surface area contributed by atoms with Crippen molar-refractivity contribution in [2.24, 2.45) is 0 Å². The standard InChI is InChI=1S/C19H19BrN2O5/c1-2-25-19(24)12-3-5-13(6-4-12)21-11-18(23)22-15-10-17-16(9-14(15)20)26-7-8-27-17/h3-6,9-10,21H,2,7-8,11H2,1H3,(H,22,23). The lowest BCUT2D eigenvalue weighted by molar-refractivity contribution is -0.114. The Morgan fingerprint density at radius 2 is 1.78 bits per heavy atom. The summed E-state index contributed by atoms with van der Waals surface area (Å²) in [5, 5.41) is 5.83. The first-order valence-electron chi connectivity index (χ1n) is 8.47. The molecule has 1 aliphatic heterocycles. The van der Waals surface area contributed by atoms with Gasteiger partial charge in [0.25, 0.3) is 0 Å². The monoisotopic (exact) mass is 434 g/mol. The van der Waals surface area contributed by atoms with Crippen molar-refractivity contribution in [3.8, 4) is 11.5 Å². The second kappa shape index (κ2) is 8.77. The second-order valence-electron chi connectivity index (χ2n) is 5.68. The number of hydrogen-bond acceptors (Lipinski definition) is 6. The molecule has 2 aromatic rings. The highest BCUT2D eigenvalue weighted by molar-refractivity contribution is 9.10. The van der Waals surface area contributed by atoms with Crippen LogP contribution in [0.15, 0.2) is 40.9 Å². The minimum Gasteiger partial charge on any atom is -0.486 e. The van der Waals surface area contributed by atoms with Gasteiger partial charge in [0.05, 0.1) is 24.4 Å². The third-order valence-corrected chi connectivity index (χ3v) is 4.41. The summed E-state index contributed by atoms with van der Waals surface area (Å²) >= 11 is 3.42. The molecule has 3 rings (SSSR count). The number of carbonyl (C=O) groups is 2. The molecule has 8 heteroatoms. The molecule has 0 aliphatic carbocycles. The fraction of sp³-hybridized carbons (Fsp3) is 0.263. The Morgan fingerprint density at radius 3 is 2.44 bits per heavy atom. The van der Waals surface area contributed by atoms with Crippen LogP contribution in [0.3, 0.4) is 0 Å². The number of rotatable bonds is 6. The van der Waals surface area contributed by atoms with Gasteiger partial charge in [-0.05, 0) is 47.1 Å².